The highest BCUT2D eigenvalue weighted by molar-refractivity contribution is 6.17. The summed E-state index contributed by atoms with van der Waals surface area (Å²) in [6.45, 7) is 4.32. The molecule has 0 bridgehead atoms. The van der Waals surface area contributed by atoms with Crippen molar-refractivity contribution >= 4 is 28.6 Å². The molecule has 0 radical (unpaired) electrons. The minimum absolute atomic E-state index is 0.00434. The summed E-state index contributed by atoms with van der Waals surface area (Å²) in [5.41, 5.74) is 2.04. The standard InChI is InChI=1S/C13H18ClN3/c1-3-13(2,8-9-14)17-12-15-10-6-4-5-7-11(10)16-12/h4-7H,3,8-9H2,1-2H3,(H2,15,16,17). The Bertz CT molecular complexity index is 461. The number of anilines is 1. The molecule has 0 fully saturated rings. The zero-order chi connectivity index (χ0) is 12.3. The summed E-state index contributed by atoms with van der Waals surface area (Å²) in [6.07, 6.45) is 1.93. The van der Waals surface area contributed by atoms with Gasteiger partial charge in [0.25, 0.3) is 0 Å². The van der Waals surface area contributed by atoms with Crippen molar-refractivity contribution in [2.45, 2.75) is 32.2 Å². The van der Waals surface area contributed by atoms with Crippen LogP contribution in [0.15, 0.2) is 24.3 Å². The van der Waals surface area contributed by atoms with Crippen LogP contribution in [0.25, 0.3) is 11.0 Å². The van der Waals surface area contributed by atoms with E-state index in [1.807, 2.05) is 24.3 Å². The van der Waals surface area contributed by atoms with Crippen molar-refractivity contribution in [2.24, 2.45) is 0 Å². The minimum atomic E-state index is -0.00434. The molecule has 1 atom stereocenters. The highest BCUT2D eigenvalue weighted by Gasteiger charge is 2.22. The van der Waals surface area contributed by atoms with Crippen LogP contribution in [0.2, 0.25) is 0 Å². The van der Waals surface area contributed by atoms with Gasteiger partial charge in [-0.25, -0.2) is 4.98 Å². The van der Waals surface area contributed by atoms with E-state index < -0.39 is 0 Å². The Hall–Kier alpha value is -1.22. The highest BCUT2D eigenvalue weighted by Crippen LogP contribution is 2.22. The molecule has 3 nitrogen and oxygen atoms in total. The van der Waals surface area contributed by atoms with Crippen LogP contribution in [-0.4, -0.2) is 21.4 Å². The maximum atomic E-state index is 5.84. The molecule has 92 valence electrons. The van der Waals surface area contributed by atoms with E-state index in [1.165, 1.54) is 0 Å². The van der Waals surface area contributed by atoms with Crippen molar-refractivity contribution in [1.29, 1.82) is 0 Å². The third kappa shape index (κ3) is 2.72. The normalized spacial score (nSPS) is 14.8. The Labute approximate surface area is 107 Å². The van der Waals surface area contributed by atoms with E-state index in [0.717, 1.165) is 29.8 Å². The van der Waals surface area contributed by atoms with E-state index in [2.05, 4.69) is 29.1 Å². The lowest BCUT2D eigenvalue weighted by atomic mass is 9.96. The van der Waals surface area contributed by atoms with Crippen molar-refractivity contribution < 1.29 is 0 Å². The fraction of sp³-hybridized carbons (Fsp3) is 0.462. The molecule has 4 heteroatoms. The number of nitrogens with one attached hydrogen (secondary N) is 2. The molecule has 0 aliphatic carbocycles. The smallest absolute Gasteiger partial charge is 0.201 e. The van der Waals surface area contributed by atoms with Crippen LogP contribution < -0.4 is 5.32 Å². The van der Waals surface area contributed by atoms with Crippen molar-refractivity contribution in [1.82, 2.24) is 9.97 Å². The van der Waals surface area contributed by atoms with Gasteiger partial charge in [0.15, 0.2) is 0 Å². The third-order valence-corrected chi connectivity index (χ3v) is 3.43. The van der Waals surface area contributed by atoms with E-state index in [1.54, 1.807) is 0 Å². The van der Waals surface area contributed by atoms with Gasteiger partial charge in [-0.1, -0.05) is 19.1 Å². The van der Waals surface area contributed by atoms with Crippen molar-refractivity contribution in [2.75, 3.05) is 11.2 Å². The van der Waals surface area contributed by atoms with Gasteiger partial charge in [0, 0.05) is 11.4 Å². The summed E-state index contributed by atoms with van der Waals surface area (Å²) >= 11 is 5.84. The first-order valence-corrected chi connectivity index (χ1v) is 6.49. The number of alkyl halides is 1. The number of aromatic amines is 1. The zero-order valence-corrected chi connectivity index (χ0v) is 11.0. The molecule has 0 amide bonds. The number of rotatable bonds is 5. The maximum Gasteiger partial charge on any atom is 0.201 e. The topological polar surface area (TPSA) is 40.7 Å². The maximum absolute atomic E-state index is 5.84. The summed E-state index contributed by atoms with van der Waals surface area (Å²) in [7, 11) is 0. The number of hydrogen-bond acceptors (Lipinski definition) is 2. The molecule has 0 aliphatic rings. The second kappa shape index (κ2) is 4.96. The quantitative estimate of drug-likeness (QED) is 0.795. The van der Waals surface area contributed by atoms with Crippen LogP contribution in [-0.2, 0) is 0 Å². The molecule has 2 aromatic rings. The van der Waals surface area contributed by atoms with Crippen LogP contribution in [0.5, 0.6) is 0 Å². The number of nitrogens with zero attached hydrogens (tertiary/aromatic N) is 1. The van der Waals surface area contributed by atoms with Gasteiger partial charge in [-0.2, -0.15) is 0 Å². The van der Waals surface area contributed by atoms with Gasteiger partial charge in [0.05, 0.1) is 11.0 Å². The van der Waals surface area contributed by atoms with Crippen LogP contribution in [0, 0.1) is 0 Å². The predicted molar refractivity (Wildman–Crippen MR) is 73.7 cm³/mol. The van der Waals surface area contributed by atoms with Crippen LogP contribution in [0.4, 0.5) is 5.95 Å². The first kappa shape index (κ1) is 12.2. The summed E-state index contributed by atoms with van der Waals surface area (Å²) in [5.74, 6) is 1.47. The number of hydrogen-bond donors (Lipinski definition) is 2. The molecule has 0 saturated heterocycles. The van der Waals surface area contributed by atoms with Gasteiger partial charge in [-0.05, 0) is 31.9 Å². The number of halogens is 1. The predicted octanol–water partition coefficient (Wildman–Crippen LogP) is 3.77. The lowest BCUT2D eigenvalue weighted by Crippen LogP contribution is -2.34. The van der Waals surface area contributed by atoms with E-state index in [-0.39, 0.29) is 5.54 Å². The highest BCUT2D eigenvalue weighted by atomic mass is 35.5. The molecule has 1 unspecified atom stereocenters. The molecule has 1 aromatic heterocycles. The Kier molecular flexibility index (Phi) is 3.57. The first-order chi connectivity index (χ1) is 8.17. The largest absolute Gasteiger partial charge is 0.351 e. The zero-order valence-electron chi connectivity index (χ0n) is 10.3. The van der Waals surface area contributed by atoms with Crippen molar-refractivity contribution in [3.63, 3.8) is 0 Å². The Morgan fingerprint density at radius 2 is 2.18 bits per heavy atom. The molecular formula is C13H18ClN3. The molecule has 0 spiro atoms. The van der Waals surface area contributed by atoms with Crippen LogP contribution in [0.1, 0.15) is 26.7 Å². The molecule has 1 aromatic carbocycles. The van der Waals surface area contributed by atoms with Crippen LogP contribution >= 0.6 is 11.6 Å². The van der Waals surface area contributed by atoms with E-state index in [0.29, 0.717) is 5.88 Å². The molecule has 2 N–H and O–H groups in total. The minimum Gasteiger partial charge on any atom is -0.351 e. The van der Waals surface area contributed by atoms with E-state index >= 15 is 0 Å². The SMILES string of the molecule is CCC(C)(CCCl)Nc1nc2ccccc2[nH]1. The van der Waals surface area contributed by atoms with Gasteiger partial charge in [-0.3, -0.25) is 0 Å². The van der Waals surface area contributed by atoms with Crippen molar-refractivity contribution in [3.8, 4) is 0 Å². The van der Waals surface area contributed by atoms with E-state index in [9.17, 15) is 0 Å². The number of benzene rings is 1. The average molecular weight is 252 g/mol. The summed E-state index contributed by atoms with van der Waals surface area (Å²) in [6, 6.07) is 8.02. The molecule has 17 heavy (non-hydrogen) atoms. The van der Waals surface area contributed by atoms with E-state index in [4.69, 9.17) is 11.6 Å². The fourth-order valence-electron chi connectivity index (χ4n) is 1.83. The number of para-hydroxylation sites is 2. The second-order valence-electron chi connectivity index (χ2n) is 4.58. The van der Waals surface area contributed by atoms with Crippen LogP contribution in [0.3, 0.4) is 0 Å². The second-order valence-corrected chi connectivity index (χ2v) is 4.96. The first-order valence-electron chi connectivity index (χ1n) is 5.96. The lowest BCUT2D eigenvalue weighted by molar-refractivity contribution is 0.478. The Balaban J connectivity index is 2.22. The van der Waals surface area contributed by atoms with Gasteiger partial charge in [-0.15, -0.1) is 11.6 Å². The van der Waals surface area contributed by atoms with Gasteiger partial charge < -0.3 is 10.3 Å². The monoisotopic (exact) mass is 251 g/mol. The molecule has 2 rings (SSSR count). The summed E-state index contributed by atoms with van der Waals surface area (Å²) in [4.78, 5) is 7.80. The van der Waals surface area contributed by atoms with Gasteiger partial charge in [0.2, 0.25) is 5.95 Å². The molecular weight excluding hydrogens is 234 g/mol. The van der Waals surface area contributed by atoms with Crippen molar-refractivity contribution in [3.05, 3.63) is 24.3 Å². The molecule has 0 aliphatic heterocycles. The Morgan fingerprint density at radius 3 is 2.82 bits per heavy atom. The Morgan fingerprint density at radius 1 is 1.41 bits per heavy atom. The third-order valence-electron chi connectivity index (χ3n) is 3.24. The molecule has 1 heterocycles. The molecule has 0 saturated carbocycles. The number of fused-ring (bicyclic) bond motifs is 1. The van der Waals surface area contributed by atoms with Gasteiger partial charge in [0.1, 0.15) is 0 Å². The van der Waals surface area contributed by atoms with Gasteiger partial charge >= 0.3 is 0 Å². The number of aromatic nitrogens is 2. The number of H-pyrrole nitrogens is 1. The average Bonchev–Trinajstić information content (AvgIpc) is 2.71. The fourth-order valence-corrected chi connectivity index (χ4v) is 2.25. The lowest BCUT2D eigenvalue weighted by Gasteiger charge is -2.28. The summed E-state index contributed by atoms with van der Waals surface area (Å²) in [5, 5.41) is 3.44. The number of imidazole rings is 1. The summed E-state index contributed by atoms with van der Waals surface area (Å²) < 4.78 is 0.